The quantitative estimate of drug-likeness (QED) is 0.787. The molecule has 1 amide bonds. The highest BCUT2D eigenvalue weighted by Gasteiger charge is 2.46. The maximum Gasteiger partial charge on any atom is 0.294 e. The lowest BCUT2D eigenvalue weighted by atomic mass is 9.82. The molecule has 0 aliphatic carbocycles. The summed E-state index contributed by atoms with van der Waals surface area (Å²) in [6.07, 6.45) is 3.05. The summed E-state index contributed by atoms with van der Waals surface area (Å²) < 4.78 is 23.0. The van der Waals surface area contributed by atoms with Crippen LogP contribution in [-0.2, 0) is 19.6 Å². The molecule has 29 heavy (non-hydrogen) atoms. The van der Waals surface area contributed by atoms with Crippen LogP contribution in [0.25, 0.3) is 0 Å². The van der Waals surface area contributed by atoms with Crippen molar-refractivity contribution in [1.29, 1.82) is 0 Å². The molecule has 0 bridgehead atoms. The van der Waals surface area contributed by atoms with Crippen molar-refractivity contribution in [3.05, 3.63) is 65.7 Å². The molecule has 9 heteroatoms. The number of carbonyl (C=O) groups is 2. The van der Waals surface area contributed by atoms with Gasteiger partial charge in [0.25, 0.3) is 5.91 Å². The average molecular weight is 415 g/mol. The molecule has 3 N–H and O–H groups in total. The van der Waals surface area contributed by atoms with Crippen LogP contribution in [-0.4, -0.2) is 30.2 Å². The number of hydrogen-bond donors (Lipinski definition) is 2. The third kappa shape index (κ3) is 3.79. The predicted octanol–water partition coefficient (Wildman–Crippen LogP) is 2.24. The molecule has 1 unspecified atom stereocenters. The van der Waals surface area contributed by atoms with Gasteiger partial charge in [0.1, 0.15) is 0 Å². The Morgan fingerprint density at radius 1 is 1.10 bits per heavy atom. The number of aliphatic hydroxyl groups excluding tert-OH is 1. The Morgan fingerprint density at radius 2 is 1.66 bits per heavy atom. The summed E-state index contributed by atoms with van der Waals surface area (Å²) in [5.41, 5.74) is 0.0553. The van der Waals surface area contributed by atoms with Crippen LogP contribution in [0.5, 0.6) is 0 Å². The highest BCUT2D eigenvalue weighted by molar-refractivity contribution is 7.89. The van der Waals surface area contributed by atoms with E-state index in [9.17, 15) is 23.1 Å². The first kappa shape index (κ1) is 20.7. The van der Waals surface area contributed by atoms with E-state index in [0.29, 0.717) is 11.3 Å². The normalized spacial score (nSPS) is 17.7. The molecule has 3 rings (SSSR count). The molecule has 0 fully saturated rings. The van der Waals surface area contributed by atoms with E-state index in [2.05, 4.69) is 4.98 Å². The lowest BCUT2D eigenvalue weighted by Crippen LogP contribution is -2.32. The van der Waals surface area contributed by atoms with Gasteiger partial charge < -0.3 is 5.11 Å². The number of amides is 1. The zero-order chi connectivity index (χ0) is 21.6. The summed E-state index contributed by atoms with van der Waals surface area (Å²) in [5.74, 6) is -1.74. The fourth-order valence-electron chi connectivity index (χ4n) is 3.17. The molecule has 1 aromatic heterocycles. The molecular formula is C20H21N3O5S. The summed E-state index contributed by atoms with van der Waals surface area (Å²) in [6.45, 7) is 5.10. The summed E-state index contributed by atoms with van der Waals surface area (Å²) in [6, 6.07) is 7.77. The Kier molecular flexibility index (Phi) is 5.06. The van der Waals surface area contributed by atoms with Crippen molar-refractivity contribution in [1.82, 2.24) is 4.98 Å². The van der Waals surface area contributed by atoms with E-state index in [1.54, 1.807) is 32.9 Å². The van der Waals surface area contributed by atoms with Crippen molar-refractivity contribution in [2.24, 2.45) is 10.6 Å². The molecule has 1 atom stereocenters. The van der Waals surface area contributed by atoms with E-state index in [4.69, 9.17) is 5.14 Å². The van der Waals surface area contributed by atoms with Crippen LogP contribution in [0.3, 0.4) is 0 Å². The molecule has 1 aliphatic heterocycles. The van der Waals surface area contributed by atoms with Crippen LogP contribution in [0.2, 0.25) is 0 Å². The number of carbonyl (C=O) groups excluding carboxylic acids is 2. The number of Topliss-reactive ketones (excluding diaryl/α,β-unsaturated/α-hetero) is 1. The third-order valence-corrected chi connectivity index (χ3v) is 5.53. The van der Waals surface area contributed by atoms with Gasteiger partial charge in [0.2, 0.25) is 10.0 Å². The van der Waals surface area contributed by atoms with Crippen LogP contribution in [0.15, 0.2) is 65.0 Å². The first-order valence-corrected chi connectivity index (χ1v) is 10.3. The average Bonchev–Trinajstić information content (AvgIpc) is 2.91. The number of pyridine rings is 1. The van der Waals surface area contributed by atoms with E-state index >= 15 is 0 Å². The molecule has 0 saturated heterocycles. The van der Waals surface area contributed by atoms with Crippen LogP contribution in [0, 0.1) is 5.41 Å². The molecule has 152 valence electrons. The van der Waals surface area contributed by atoms with E-state index < -0.39 is 33.1 Å². The Bertz CT molecular complexity index is 1100. The number of sulfonamides is 1. The Hall–Kier alpha value is -3.04. The summed E-state index contributed by atoms with van der Waals surface area (Å²) in [7, 11) is -3.90. The lowest BCUT2D eigenvalue weighted by Gasteiger charge is -2.28. The van der Waals surface area contributed by atoms with Crippen LogP contribution >= 0.6 is 0 Å². The highest BCUT2D eigenvalue weighted by Crippen LogP contribution is 2.43. The SMILES string of the molecule is CC(C)(C)C(=O)C1=C(O)C(=O)N(c2ccc(S(N)(=O)=O)cc2)C1c1ccncc1. The minimum absolute atomic E-state index is 0.00998. The maximum absolute atomic E-state index is 13.1. The Balaban J connectivity index is 2.17. The second kappa shape index (κ2) is 7.09. The molecular weight excluding hydrogens is 394 g/mol. The second-order valence-corrected chi connectivity index (χ2v) is 9.30. The minimum atomic E-state index is -3.90. The van der Waals surface area contributed by atoms with Crippen molar-refractivity contribution in [3.63, 3.8) is 0 Å². The van der Waals surface area contributed by atoms with E-state index in [0.717, 1.165) is 0 Å². The largest absolute Gasteiger partial charge is 0.503 e. The van der Waals surface area contributed by atoms with Crippen LogP contribution in [0.1, 0.15) is 32.4 Å². The van der Waals surface area contributed by atoms with Gasteiger partial charge in [-0.15, -0.1) is 0 Å². The Labute approximate surface area is 168 Å². The molecule has 0 radical (unpaired) electrons. The molecule has 8 nitrogen and oxygen atoms in total. The van der Waals surface area contributed by atoms with Crippen molar-refractivity contribution in [2.45, 2.75) is 31.7 Å². The summed E-state index contributed by atoms with van der Waals surface area (Å²) in [4.78, 5) is 31.1. The predicted molar refractivity (Wildman–Crippen MR) is 106 cm³/mol. The standard InChI is InChI=1S/C20H21N3O5S/c1-20(2,3)18(25)15-16(12-8-10-22-11-9-12)23(19(26)17(15)24)13-4-6-14(7-5-13)29(21,27)28/h4-11,16,24H,1-3H3,(H2,21,27,28). The number of aliphatic hydroxyl groups is 1. The number of aromatic nitrogens is 1. The van der Waals surface area contributed by atoms with Crippen LogP contribution in [0.4, 0.5) is 5.69 Å². The summed E-state index contributed by atoms with van der Waals surface area (Å²) >= 11 is 0. The number of anilines is 1. The first-order valence-electron chi connectivity index (χ1n) is 8.77. The fraction of sp³-hybridized carbons (Fsp3) is 0.250. The molecule has 1 aromatic carbocycles. The number of benzene rings is 1. The van der Waals surface area contributed by atoms with Crippen molar-refractivity contribution >= 4 is 27.4 Å². The molecule has 0 saturated carbocycles. The van der Waals surface area contributed by atoms with Gasteiger partial charge in [-0.05, 0) is 42.0 Å². The minimum Gasteiger partial charge on any atom is -0.503 e. The number of nitrogens with zero attached hydrogens (tertiary/aromatic N) is 2. The number of nitrogens with two attached hydrogens (primary N) is 1. The van der Waals surface area contributed by atoms with Crippen LogP contribution < -0.4 is 10.0 Å². The van der Waals surface area contributed by atoms with Gasteiger partial charge in [-0.25, -0.2) is 13.6 Å². The number of ketones is 1. The zero-order valence-electron chi connectivity index (χ0n) is 16.2. The monoisotopic (exact) mass is 415 g/mol. The van der Waals surface area contributed by atoms with Gasteiger partial charge >= 0.3 is 0 Å². The number of primary sulfonamides is 1. The maximum atomic E-state index is 13.1. The zero-order valence-corrected chi connectivity index (χ0v) is 17.0. The van der Waals surface area contributed by atoms with Gasteiger partial charge in [-0.3, -0.25) is 19.5 Å². The van der Waals surface area contributed by atoms with E-state index in [1.807, 2.05) is 0 Å². The van der Waals surface area contributed by atoms with Crippen molar-refractivity contribution in [3.8, 4) is 0 Å². The number of hydrogen-bond acceptors (Lipinski definition) is 6. The van der Waals surface area contributed by atoms with Crippen molar-refractivity contribution in [2.75, 3.05) is 4.90 Å². The third-order valence-electron chi connectivity index (χ3n) is 4.60. The van der Waals surface area contributed by atoms with Crippen molar-refractivity contribution < 1.29 is 23.1 Å². The lowest BCUT2D eigenvalue weighted by molar-refractivity contribution is -0.123. The first-order chi connectivity index (χ1) is 13.4. The summed E-state index contributed by atoms with van der Waals surface area (Å²) in [5, 5.41) is 15.7. The topological polar surface area (TPSA) is 131 Å². The Morgan fingerprint density at radius 3 is 2.14 bits per heavy atom. The number of rotatable bonds is 4. The second-order valence-electron chi connectivity index (χ2n) is 7.74. The van der Waals surface area contributed by atoms with Gasteiger partial charge in [-0.1, -0.05) is 20.8 Å². The van der Waals surface area contributed by atoms with Gasteiger partial charge in [0.05, 0.1) is 16.5 Å². The molecule has 2 heterocycles. The van der Waals surface area contributed by atoms with E-state index in [-0.39, 0.29) is 16.3 Å². The van der Waals surface area contributed by atoms with E-state index in [1.165, 1.54) is 41.6 Å². The smallest absolute Gasteiger partial charge is 0.294 e. The fourth-order valence-corrected chi connectivity index (χ4v) is 3.68. The van der Waals surface area contributed by atoms with Gasteiger partial charge in [-0.2, -0.15) is 0 Å². The van der Waals surface area contributed by atoms with Gasteiger partial charge in [0, 0.05) is 23.5 Å². The molecule has 1 aliphatic rings. The highest BCUT2D eigenvalue weighted by atomic mass is 32.2. The molecule has 2 aromatic rings. The van der Waals surface area contributed by atoms with Gasteiger partial charge in [0.15, 0.2) is 11.5 Å². The molecule has 0 spiro atoms.